The van der Waals surface area contributed by atoms with Crippen LogP contribution in [-0.4, -0.2) is 9.91 Å². The Balaban J connectivity index is 2.58. The van der Waals surface area contributed by atoms with Gasteiger partial charge in [-0.25, -0.2) is 4.98 Å². The molecule has 1 heterocycles. The number of nitriles is 1. The molecule has 7 heteroatoms. The SMILES string of the molecule is Cc1ccnc(Oc2c(C)cc(Br)cc2[N+](=O)[O-])c1C#N. The van der Waals surface area contributed by atoms with Gasteiger partial charge in [0.2, 0.25) is 11.6 Å². The molecule has 21 heavy (non-hydrogen) atoms. The van der Waals surface area contributed by atoms with Crippen molar-refractivity contribution in [3.05, 3.63) is 55.7 Å². The predicted molar refractivity (Wildman–Crippen MR) is 79.3 cm³/mol. The predicted octanol–water partition coefficient (Wildman–Crippen LogP) is 4.03. The first kappa shape index (κ1) is 14.9. The maximum atomic E-state index is 11.2. The first-order chi connectivity index (χ1) is 9.93. The fourth-order valence-corrected chi connectivity index (χ4v) is 2.38. The Bertz CT molecular complexity index is 769. The Morgan fingerprint density at radius 2 is 2.10 bits per heavy atom. The van der Waals surface area contributed by atoms with Crippen LogP contribution in [0.1, 0.15) is 16.7 Å². The molecule has 6 nitrogen and oxygen atoms in total. The number of nitro groups is 1. The highest BCUT2D eigenvalue weighted by Gasteiger charge is 2.21. The number of hydrogen-bond acceptors (Lipinski definition) is 5. The molecule has 0 N–H and O–H groups in total. The normalized spacial score (nSPS) is 10.0. The second-order valence-electron chi connectivity index (χ2n) is 4.35. The summed E-state index contributed by atoms with van der Waals surface area (Å²) in [5.74, 6) is 0.142. The molecule has 2 aromatic rings. The Morgan fingerprint density at radius 3 is 2.71 bits per heavy atom. The number of nitrogens with zero attached hydrogens (tertiary/aromatic N) is 3. The van der Waals surface area contributed by atoms with E-state index in [0.717, 1.165) is 0 Å². The van der Waals surface area contributed by atoms with Gasteiger partial charge in [-0.2, -0.15) is 5.26 Å². The van der Waals surface area contributed by atoms with Gasteiger partial charge in [-0.3, -0.25) is 10.1 Å². The zero-order valence-electron chi connectivity index (χ0n) is 11.3. The van der Waals surface area contributed by atoms with Crippen LogP contribution in [-0.2, 0) is 0 Å². The summed E-state index contributed by atoms with van der Waals surface area (Å²) in [7, 11) is 0. The van der Waals surface area contributed by atoms with Crippen LogP contribution in [0.4, 0.5) is 5.69 Å². The molecule has 0 aliphatic carbocycles. The summed E-state index contributed by atoms with van der Waals surface area (Å²) >= 11 is 3.21. The number of aryl methyl sites for hydroxylation is 2. The monoisotopic (exact) mass is 347 g/mol. The van der Waals surface area contributed by atoms with Crippen molar-refractivity contribution in [3.63, 3.8) is 0 Å². The van der Waals surface area contributed by atoms with Crippen molar-refractivity contribution in [2.45, 2.75) is 13.8 Å². The highest BCUT2D eigenvalue weighted by molar-refractivity contribution is 9.10. The van der Waals surface area contributed by atoms with Gasteiger partial charge in [0.1, 0.15) is 11.6 Å². The Labute approximate surface area is 129 Å². The molecule has 0 saturated heterocycles. The summed E-state index contributed by atoms with van der Waals surface area (Å²) in [4.78, 5) is 14.6. The zero-order valence-corrected chi connectivity index (χ0v) is 12.8. The van der Waals surface area contributed by atoms with Gasteiger partial charge in [0, 0.05) is 22.3 Å². The lowest BCUT2D eigenvalue weighted by molar-refractivity contribution is -0.385. The van der Waals surface area contributed by atoms with E-state index >= 15 is 0 Å². The molecular weight excluding hydrogens is 338 g/mol. The van der Waals surface area contributed by atoms with E-state index in [-0.39, 0.29) is 22.9 Å². The van der Waals surface area contributed by atoms with Crippen LogP contribution < -0.4 is 4.74 Å². The van der Waals surface area contributed by atoms with Gasteiger partial charge in [-0.1, -0.05) is 15.9 Å². The molecular formula is C14H10BrN3O3. The average molecular weight is 348 g/mol. The van der Waals surface area contributed by atoms with E-state index in [0.29, 0.717) is 15.6 Å². The minimum absolute atomic E-state index is 0.0611. The van der Waals surface area contributed by atoms with Crippen molar-refractivity contribution in [1.82, 2.24) is 4.98 Å². The number of benzene rings is 1. The second kappa shape index (κ2) is 5.89. The number of aromatic nitrogens is 1. The van der Waals surface area contributed by atoms with E-state index in [1.165, 1.54) is 12.3 Å². The average Bonchev–Trinajstić information content (AvgIpc) is 2.41. The quantitative estimate of drug-likeness (QED) is 0.617. The molecule has 1 aromatic heterocycles. The van der Waals surface area contributed by atoms with Crippen LogP contribution in [0, 0.1) is 35.3 Å². The Kier molecular flexibility index (Phi) is 4.19. The van der Waals surface area contributed by atoms with E-state index in [9.17, 15) is 10.1 Å². The van der Waals surface area contributed by atoms with Gasteiger partial charge in [0.15, 0.2) is 0 Å². The van der Waals surface area contributed by atoms with Gasteiger partial charge < -0.3 is 4.74 Å². The zero-order chi connectivity index (χ0) is 15.6. The number of pyridine rings is 1. The third kappa shape index (κ3) is 3.01. The van der Waals surface area contributed by atoms with Crippen LogP contribution in [0.2, 0.25) is 0 Å². The lowest BCUT2D eigenvalue weighted by Crippen LogP contribution is -1.99. The van der Waals surface area contributed by atoms with Gasteiger partial charge in [0.05, 0.1) is 4.92 Å². The Hall–Kier alpha value is -2.46. The van der Waals surface area contributed by atoms with Crippen LogP contribution in [0.3, 0.4) is 0 Å². The van der Waals surface area contributed by atoms with Gasteiger partial charge >= 0.3 is 5.69 Å². The largest absolute Gasteiger partial charge is 0.430 e. The first-order valence-corrected chi connectivity index (χ1v) is 6.71. The third-order valence-corrected chi connectivity index (χ3v) is 3.31. The number of rotatable bonds is 3. The molecule has 0 spiro atoms. The number of hydrogen-bond donors (Lipinski definition) is 0. The first-order valence-electron chi connectivity index (χ1n) is 5.92. The van der Waals surface area contributed by atoms with E-state index in [2.05, 4.69) is 20.9 Å². The topological polar surface area (TPSA) is 89.1 Å². The van der Waals surface area contributed by atoms with Gasteiger partial charge in [0.25, 0.3) is 0 Å². The molecule has 2 rings (SSSR count). The highest BCUT2D eigenvalue weighted by atomic mass is 79.9. The fraction of sp³-hybridized carbons (Fsp3) is 0.143. The maximum absolute atomic E-state index is 11.2. The van der Waals surface area contributed by atoms with E-state index in [4.69, 9.17) is 10.00 Å². The minimum Gasteiger partial charge on any atom is -0.430 e. The molecule has 0 unspecified atom stereocenters. The fourth-order valence-electron chi connectivity index (χ4n) is 1.82. The van der Waals surface area contributed by atoms with Crippen LogP contribution in [0.25, 0.3) is 0 Å². The van der Waals surface area contributed by atoms with Crippen molar-refractivity contribution < 1.29 is 9.66 Å². The molecule has 106 valence electrons. The van der Waals surface area contributed by atoms with Crippen LogP contribution >= 0.6 is 15.9 Å². The number of halogens is 1. The summed E-state index contributed by atoms with van der Waals surface area (Å²) < 4.78 is 6.14. The molecule has 0 amide bonds. The summed E-state index contributed by atoms with van der Waals surface area (Å²) in [5, 5.41) is 20.3. The molecule has 0 atom stereocenters. The third-order valence-electron chi connectivity index (χ3n) is 2.85. The molecule has 0 aliphatic heterocycles. The molecule has 1 aromatic carbocycles. The van der Waals surface area contributed by atoms with Crippen LogP contribution in [0.15, 0.2) is 28.9 Å². The molecule has 0 aliphatic rings. The molecule has 0 bridgehead atoms. The van der Waals surface area contributed by atoms with Crippen molar-refractivity contribution in [3.8, 4) is 17.7 Å². The van der Waals surface area contributed by atoms with Crippen LogP contribution in [0.5, 0.6) is 11.6 Å². The smallest absolute Gasteiger partial charge is 0.313 e. The number of nitro benzene ring substituents is 1. The van der Waals surface area contributed by atoms with Crippen molar-refractivity contribution in [2.24, 2.45) is 0 Å². The maximum Gasteiger partial charge on any atom is 0.313 e. The summed E-state index contributed by atoms with van der Waals surface area (Å²) in [6.45, 7) is 3.44. The lowest BCUT2D eigenvalue weighted by atomic mass is 10.1. The van der Waals surface area contributed by atoms with Crippen molar-refractivity contribution >= 4 is 21.6 Å². The lowest BCUT2D eigenvalue weighted by Gasteiger charge is -2.10. The summed E-state index contributed by atoms with van der Waals surface area (Å²) in [6.07, 6.45) is 1.49. The van der Waals surface area contributed by atoms with Gasteiger partial charge in [-0.15, -0.1) is 0 Å². The minimum atomic E-state index is -0.533. The van der Waals surface area contributed by atoms with E-state index < -0.39 is 4.92 Å². The second-order valence-corrected chi connectivity index (χ2v) is 5.27. The van der Waals surface area contributed by atoms with Crippen molar-refractivity contribution in [1.29, 1.82) is 5.26 Å². The summed E-state index contributed by atoms with van der Waals surface area (Å²) in [5.41, 5.74) is 1.34. The van der Waals surface area contributed by atoms with Crippen molar-refractivity contribution in [2.75, 3.05) is 0 Å². The standard InChI is InChI=1S/C14H10BrN3O3/c1-8-3-4-17-14(11(8)7-16)21-13-9(2)5-10(15)6-12(13)18(19)20/h3-6H,1-2H3. The molecule has 0 radical (unpaired) electrons. The number of ether oxygens (including phenoxy) is 1. The Morgan fingerprint density at radius 1 is 1.38 bits per heavy atom. The van der Waals surface area contributed by atoms with E-state index in [1.54, 1.807) is 26.0 Å². The van der Waals surface area contributed by atoms with Gasteiger partial charge in [-0.05, 0) is 31.5 Å². The highest BCUT2D eigenvalue weighted by Crippen LogP contribution is 2.37. The van der Waals surface area contributed by atoms with E-state index in [1.807, 2.05) is 6.07 Å². The molecule has 0 fully saturated rings. The summed E-state index contributed by atoms with van der Waals surface area (Å²) in [6, 6.07) is 6.72. The molecule has 0 saturated carbocycles.